The molecular formula is C12H18ClNO. The first-order valence-electron chi connectivity index (χ1n) is 5.19. The molecular weight excluding hydrogens is 210 g/mol. The van der Waals surface area contributed by atoms with Crippen LogP contribution in [0.5, 0.6) is 5.75 Å². The summed E-state index contributed by atoms with van der Waals surface area (Å²) in [6, 6.07) is 6.93. The predicted molar refractivity (Wildman–Crippen MR) is 65.0 cm³/mol. The van der Waals surface area contributed by atoms with Gasteiger partial charge in [-0.15, -0.1) is 12.4 Å². The van der Waals surface area contributed by atoms with Crippen molar-refractivity contribution in [1.29, 1.82) is 0 Å². The van der Waals surface area contributed by atoms with Gasteiger partial charge in [0.15, 0.2) is 0 Å². The lowest BCUT2D eigenvalue weighted by Gasteiger charge is -2.15. The van der Waals surface area contributed by atoms with E-state index in [4.69, 9.17) is 4.74 Å². The second kappa shape index (κ2) is 5.38. The van der Waals surface area contributed by atoms with Crippen molar-refractivity contribution in [2.45, 2.75) is 25.8 Å². The predicted octanol–water partition coefficient (Wildman–Crippen LogP) is 2.85. The van der Waals surface area contributed by atoms with Gasteiger partial charge in [-0.25, -0.2) is 0 Å². The summed E-state index contributed by atoms with van der Waals surface area (Å²) in [6.45, 7) is 3.22. The van der Waals surface area contributed by atoms with E-state index in [0.717, 1.165) is 12.3 Å². The van der Waals surface area contributed by atoms with Gasteiger partial charge in [-0.05, 0) is 37.9 Å². The first kappa shape index (κ1) is 12.3. The molecule has 2 rings (SSSR count). The first-order chi connectivity index (χ1) is 6.81. The average molecular weight is 228 g/mol. The molecule has 0 amide bonds. The van der Waals surface area contributed by atoms with Gasteiger partial charge in [0.05, 0.1) is 7.11 Å². The third-order valence-corrected chi connectivity index (χ3v) is 2.82. The van der Waals surface area contributed by atoms with E-state index in [9.17, 15) is 0 Å². The molecule has 1 heterocycles. The van der Waals surface area contributed by atoms with Crippen molar-refractivity contribution < 1.29 is 4.74 Å². The van der Waals surface area contributed by atoms with Crippen molar-refractivity contribution in [2.75, 3.05) is 13.7 Å². The highest BCUT2D eigenvalue weighted by Gasteiger charge is 2.19. The summed E-state index contributed by atoms with van der Waals surface area (Å²) in [7, 11) is 1.74. The van der Waals surface area contributed by atoms with Gasteiger partial charge < -0.3 is 10.1 Å². The smallest absolute Gasteiger partial charge is 0.123 e. The quantitative estimate of drug-likeness (QED) is 0.839. The van der Waals surface area contributed by atoms with E-state index in [-0.39, 0.29) is 12.4 Å². The number of hydrogen-bond acceptors (Lipinski definition) is 2. The Balaban J connectivity index is 0.00000112. The highest BCUT2D eigenvalue weighted by atomic mass is 35.5. The van der Waals surface area contributed by atoms with Crippen molar-refractivity contribution in [3.8, 4) is 5.75 Å². The number of halogens is 1. The van der Waals surface area contributed by atoms with E-state index >= 15 is 0 Å². The molecule has 1 aromatic carbocycles. The molecule has 0 spiro atoms. The molecule has 2 nitrogen and oxygen atoms in total. The average Bonchev–Trinajstić information content (AvgIpc) is 2.70. The van der Waals surface area contributed by atoms with Crippen LogP contribution in [-0.4, -0.2) is 13.7 Å². The van der Waals surface area contributed by atoms with Crippen LogP contribution < -0.4 is 10.1 Å². The van der Waals surface area contributed by atoms with Gasteiger partial charge in [-0.2, -0.15) is 0 Å². The molecule has 1 aliphatic heterocycles. The minimum atomic E-state index is 0. The fourth-order valence-corrected chi connectivity index (χ4v) is 2.06. The van der Waals surface area contributed by atoms with Crippen LogP contribution in [0.15, 0.2) is 18.2 Å². The molecule has 0 aliphatic carbocycles. The Morgan fingerprint density at radius 2 is 2.20 bits per heavy atom. The van der Waals surface area contributed by atoms with Crippen LogP contribution >= 0.6 is 12.4 Å². The molecule has 84 valence electrons. The van der Waals surface area contributed by atoms with Crippen LogP contribution in [0, 0.1) is 6.92 Å². The van der Waals surface area contributed by atoms with Crippen LogP contribution in [0.25, 0.3) is 0 Å². The van der Waals surface area contributed by atoms with Crippen LogP contribution in [-0.2, 0) is 0 Å². The van der Waals surface area contributed by atoms with Gasteiger partial charge in [-0.3, -0.25) is 0 Å². The van der Waals surface area contributed by atoms with Gasteiger partial charge in [0, 0.05) is 11.6 Å². The van der Waals surface area contributed by atoms with Crippen LogP contribution in [0.2, 0.25) is 0 Å². The van der Waals surface area contributed by atoms with E-state index in [1.165, 1.54) is 24.0 Å². The molecule has 1 fully saturated rings. The SMILES string of the molecule is COc1cc(C)ccc1C1CCCN1.Cl. The minimum Gasteiger partial charge on any atom is -0.496 e. The zero-order valence-electron chi connectivity index (χ0n) is 9.25. The van der Waals surface area contributed by atoms with Crippen molar-refractivity contribution in [3.63, 3.8) is 0 Å². The fourth-order valence-electron chi connectivity index (χ4n) is 2.06. The lowest BCUT2D eigenvalue weighted by molar-refractivity contribution is 0.403. The van der Waals surface area contributed by atoms with E-state index in [2.05, 4.69) is 30.4 Å². The highest BCUT2D eigenvalue weighted by Crippen LogP contribution is 2.31. The van der Waals surface area contributed by atoms with E-state index in [0.29, 0.717) is 6.04 Å². The summed E-state index contributed by atoms with van der Waals surface area (Å²) in [5.41, 5.74) is 2.55. The Morgan fingerprint density at radius 1 is 1.40 bits per heavy atom. The fraction of sp³-hybridized carbons (Fsp3) is 0.500. The Morgan fingerprint density at radius 3 is 2.80 bits per heavy atom. The molecule has 1 N–H and O–H groups in total. The van der Waals surface area contributed by atoms with Crippen LogP contribution in [0.1, 0.15) is 30.0 Å². The molecule has 15 heavy (non-hydrogen) atoms. The van der Waals surface area contributed by atoms with Gasteiger partial charge in [0.1, 0.15) is 5.75 Å². The third kappa shape index (κ3) is 2.64. The number of nitrogens with one attached hydrogen (secondary N) is 1. The Hall–Kier alpha value is -0.730. The number of aryl methyl sites for hydroxylation is 1. The molecule has 0 saturated carbocycles. The topological polar surface area (TPSA) is 21.3 Å². The Kier molecular flexibility index (Phi) is 4.43. The van der Waals surface area contributed by atoms with Crippen molar-refractivity contribution >= 4 is 12.4 Å². The van der Waals surface area contributed by atoms with Gasteiger partial charge in [0.2, 0.25) is 0 Å². The monoisotopic (exact) mass is 227 g/mol. The summed E-state index contributed by atoms with van der Waals surface area (Å²) in [5.74, 6) is 1.02. The standard InChI is InChI=1S/C12H17NO.ClH/c1-9-5-6-10(12(8-9)14-2)11-4-3-7-13-11;/h5-6,8,11,13H,3-4,7H2,1-2H3;1H. The van der Waals surface area contributed by atoms with Gasteiger partial charge in [0.25, 0.3) is 0 Å². The molecule has 1 aromatic rings. The maximum absolute atomic E-state index is 5.40. The minimum absolute atomic E-state index is 0. The second-order valence-corrected chi connectivity index (χ2v) is 3.89. The first-order valence-corrected chi connectivity index (χ1v) is 5.19. The maximum Gasteiger partial charge on any atom is 0.123 e. The largest absolute Gasteiger partial charge is 0.496 e. The molecule has 0 radical (unpaired) electrons. The Labute approximate surface area is 97.4 Å². The van der Waals surface area contributed by atoms with E-state index in [1.54, 1.807) is 7.11 Å². The van der Waals surface area contributed by atoms with Crippen LogP contribution in [0.3, 0.4) is 0 Å². The highest BCUT2D eigenvalue weighted by molar-refractivity contribution is 5.85. The van der Waals surface area contributed by atoms with Crippen LogP contribution in [0.4, 0.5) is 0 Å². The lowest BCUT2D eigenvalue weighted by atomic mass is 10.0. The number of benzene rings is 1. The maximum atomic E-state index is 5.40. The molecule has 1 atom stereocenters. The zero-order valence-corrected chi connectivity index (χ0v) is 10.1. The normalized spacial score (nSPS) is 19.7. The molecule has 1 saturated heterocycles. The molecule has 0 aromatic heterocycles. The third-order valence-electron chi connectivity index (χ3n) is 2.82. The molecule has 0 bridgehead atoms. The summed E-state index contributed by atoms with van der Waals surface area (Å²) < 4.78 is 5.40. The van der Waals surface area contributed by atoms with Crippen molar-refractivity contribution in [3.05, 3.63) is 29.3 Å². The zero-order chi connectivity index (χ0) is 9.97. The van der Waals surface area contributed by atoms with Crippen molar-refractivity contribution in [1.82, 2.24) is 5.32 Å². The summed E-state index contributed by atoms with van der Waals surface area (Å²) in [6.07, 6.45) is 2.49. The molecule has 1 unspecified atom stereocenters. The summed E-state index contributed by atoms with van der Waals surface area (Å²) >= 11 is 0. The number of hydrogen-bond donors (Lipinski definition) is 1. The van der Waals surface area contributed by atoms with Gasteiger partial charge >= 0.3 is 0 Å². The van der Waals surface area contributed by atoms with E-state index < -0.39 is 0 Å². The lowest BCUT2D eigenvalue weighted by Crippen LogP contribution is -2.13. The summed E-state index contributed by atoms with van der Waals surface area (Å²) in [4.78, 5) is 0. The molecule has 1 aliphatic rings. The second-order valence-electron chi connectivity index (χ2n) is 3.89. The van der Waals surface area contributed by atoms with E-state index in [1.807, 2.05) is 0 Å². The number of rotatable bonds is 2. The molecule has 3 heteroatoms. The number of methoxy groups -OCH3 is 1. The summed E-state index contributed by atoms with van der Waals surface area (Å²) in [5, 5.41) is 3.49. The Bertz CT molecular complexity index is 321. The number of ether oxygens (including phenoxy) is 1. The van der Waals surface area contributed by atoms with Gasteiger partial charge in [-0.1, -0.05) is 12.1 Å². The van der Waals surface area contributed by atoms with Crippen molar-refractivity contribution in [2.24, 2.45) is 0 Å².